The van der Waals surface area contributed by atoms with Gasteiger partial charge in [-0.15, -0.1) is 0 Å². The van der Waals surface area contributed by atoms with Gasteiger partial charge in [-0.1, -0.05) is 15.9 Å². The number of hydrogen-bond donors (Lipinski definition) is 1. The Morgan fingerprint density at radius 1 is 1.39 bits per heavy atom. The predicted molar refractivity (Wildman–Crippen MR) is 75.9 cm³/mol. The van der Waals surface area contributed by atoms with E-state index in [1.165, 1.54) is 25.9 Å². The molecule has 4 heteroatoms. The van der Waals surface area contributed by atoms with Gasteiger partial charge in [0.25, 0.3) is 0 Å². The quantitative estimate of drug-likeness (QED) is 0.907. The van der Waals surface area contributed by atoms with E-state index in [2.05, 4.69) is 20.8 Å². The molecule has 1 aliphatic rings. The van der Waals surface area contributed by atoms with Crippen LogP contribution in [-0.4, -0.2) is 36.2 Å². The van der Waals surface area contributed by atoms with E-state index >= 15 is 0 Å². The first-order valence-corrected chi connectivity index (χ1v) is 7.29. The lowest BCUT2D eigenvalue weighted by Crippen LogP contribution is -2.25. The standard InChI is InChI=1S/C14H20BrNO2/c1-11(17)13-10-12(15)4-5-14(13)18-9-8-16-6-2-3-7-16/h4-5,10-11,17H,2-3,6-9H2,1H3. The van der Waals surface area contributed by atoms with Crippen molar-refractivity contribution < 1.29 is 9.84 Å². The van der Waals surface area contributed by atoms with Crippen molar-refractivity contribution in [2.45, 2.75) is 25.9 Å². The smallest absolute Gasteiger partial charge is 0.125 e. The number of aliphatic hydroxyl groups is 1. The Bertz CT molecular complexity index is 389. The van der Waals surface area contributed by atoms with Gasteiger partial charge < -0.3 is 9.84 Å². The van der Waals surface area contributed by atoms with Crippen molar-refractivity contribution in [3.05, 3.63) is 28.2 Å². The molecular formula is C14H20BrNO2. The summed E-state index contributed by atoms with van der Waals surface area (Å²) in [6.45, 7) is 5.78. The van der Waals surface area contributed by atoms with Crippen LogP contribution in [-0.2, 0) is 0 Å². The molecule has 1 unspecified atom stereocenters. The maximum Gasteiger partial charge on any atom is 0.125 e. The maximum atomic E-state index is 9.73. The molecule has 18 heavy (non-hydrogen) atoms. The van der Waals surface area contributed by atoms with Gasteiger partial charge in [-0.2, -0.15) is 0 Å². The highest BCUT2D eigenvalue weighted by Crippen LogP contribution is 2.28. The highest BCUT2D eigenvalue weighted by molar-refractivity contribution is 9.10. The number of likely N-dealkylation sites (tertiary alicyclic amines) is 1. The molecule has 0 saturated carbocycles. The minimum absolute atomic E-state index is 0.510. The first kappa shape index (κ1) is 13.8. The summed E-state index contributed by atoms with van der Waals surface area (Å²) in [4.78, 5) is 2.42. The van der Waals surface area contributed by atoms with E-state index in [4.69, 9.17) is 4.74 Å². The van der Waals surface area contributed by atoms with E-state index in [9.17, 15) is 5.11 Å². The zero-order chi connectivity index (χ0) is 13.0. The molecule has 3 nitrogen and oxygen atoms in total. The fraction of sp³-hybridized carbons (Fsp3) is 0.571. The van der Waals surface area contributed by atoms with Crippen LogP contribution in [0.5, 0.6) is 5.75 Å². The van der Waals surface area contributed by atoms with Gasteiger partial charge in [0.15, 0.2) is 0 Å². The van der Waals surface area contributed by atoms with Gasteiger partial charge in [-0.05, 0) is 51.1 Å². The molecule has 1 heterocycles. The lowest BCUT2D eigenvalue weighted by atomic mass is 10.1. The number of halogens is 1. The summed E-state index contributed by atoms with van der Waals surface area (Å²) in [5.41, 5.74) is 0.839. The third-order valence-electron chi connectivity index (χ3n) is 3.29. The molecular weight excluding hydrogens is 294 g/mol. The van der Waals surface area contributed by atoms with Crippen LogP contribution in [0.4, 0.5) is 0 Å². The summed E-state index contributed by atoms with van der Waals surface area (Å²) in [6.07, 6.45) is 2.10. The van der Waals surface area contributed by atoms with E-state index < -0.39 is 6.10 Å². The lowest BCUT2D eigenvalue weighted by Gasteiger charge is -2.17. The Kier molecular flexibility index (Phi) is 5.03. The van der Waals surface area contributed by atoms with Crippen molar-refractivity contribution in [2.75, 3.05) is 26.2 Å². The van der Waals surface area contributed by atoms with Crippen LogP contribution in [0.2, 0.25) is 0 Å². The van der Waals surface area contributed by atoms with Crippen LogP contribution in [0.25, 0.3) is 0 Å². The third kappa shape index (κ3) is 3.70. The molecule has 0 aliphatic carbocycles. The van der Waals surface area contributed by atoms with Crippen molar-refractivity contribution in [2.24, 2.45) is 0 Å². The molecule has 0 aromatic heterocycles. The third-order valence-corrected chi connectivity index (χ3v) is 3.78. The molecule has 0 bridgehead atoms. The molecule has 1 aromatic carbocycles. The minimum atomic E-state index is -0.510. The molecule has 0 amide bonds. The number of benzene rings is 1. The Labute approximate surface area is 117 Å². The average Bonchev–Trinajstić information content (AvgIpc) is 2.84. The second-order valence-corrected chi connectivity index (χ2v) is 5.67. The fourth-order valence-corrected chi connectivity index (χ4v) is 2.65. The summed E-state index contributed by atoms with van der Waals surface area (Å²) in [5, 5.41) is 9.73. The van der Waals surface area contributed by atoms with Gasteiger partial charge in [-0.3, -0.25) is 4.90 Å². The minimum Gasteiger partial charge on any atom is -0.492 e. The molecule has 1 saturated heterocycles. The Morgan fingerprint density at radius 2 is 2.11 bits per heavy atom. The van der Waals surface area contributed by atoms with Gasteiger partial charge in [0.1, 0.15) is 12.4 Å². The van der Waals surface area contributed by atoms with Crippen molar-refractivity contribution in [1.82, 2.24) is 4.90 Å². The van der Waals surface area contributed by atoms with E-state index in [1.807, 2.05) is 18.2 Å². The van der Waals surface area contributed by atoms with Crippen molar-refractivity contribution in [3.63, 3.8) is 0 Å². The molecule has 100 valence electrons. The van der Waals surface area contributed by atoms with Gasteiger partial charge >= 0.3 is 0 Å². The first-order chi connectivity index (χ1) is 8.66. The SMILES string of the molecule is CC(O)c1cc(Br)ccc1OCCN1CCCC1. The van der Waals surface area contributed by atoms with E-state index in [0.29, 0.717) is 6.61 Å². The number of rotatable bonds is 5. The number of aliphatic hydroxyl groups excluding tert-OH is 1. The molecule has 0 spiro atoms. The molecule has 1 N–H and O–H groups in total. The summed E-state index contributed by atoms with van der Waals surface area (Å²) >= 11 is 3.41. The Morgan fingerprint density at radius 3 is 2.78 bits per heavy atom. The zero-order valence-electron chi connectivity index (χ0n) is 10.7. The highest BCUT2D eigenvalue weighted by atomic mass is 79.9. The predicted octanol–water partition coefficient (Wildman–Crippen LogP) is 2.98. The van der Waals surface area contributed by atoms with Gasteiger partial charge in [0.2, 0.25) is 0 Å². The maximum absolute atomic E-state index is 9.73. The molecule has 2 rings (SSSR count). The number of hydrogen-bond acceptors (Lipinski definition) is 3. The second-order valence-electron chi connectivity index (χ2n) is 4.76. The van der Waals surface area contributed by atoms with Crippen molar-refractivity contribution in [3.8, 4) is 5.75 Å². The van der Waals surface area contributed by atoms with Gasteiger partial charge in [0, 0.05) is 16.6 Å². The summed E-state index contributed by atoms with van der Waals surface area (Å²) < 4.78 is 6.76. The molecule has 1 atom stereocenters. The average molecular weight is 314 g/mol. The summed E-state index contributed by atoms with van der Waals surface area (Å²) in [5.74, 6) is 0.785. The Balaban J connectivity index is 1.91. The van der Waals surface area contributed by atoms with Crippen molar-refractivity contribution >= 4 is 15.9 Å². The molecule has 1 aliphatic heterocycles. The first-order valence-electron chi connectivity index (χ1n) is 6.49. The zero-order valence-corrected chi connectivity index (χ0v) is 12.3. The van der Waals surface area contributed by atoms with Crippen LogP contribution in [0.1, 0.15) is 31.4 Å². The monoisotopic (exact) mass is 313 g/mol. The van der Waals surface area contributed by atoms with Crippen LogP contribution in [0.15, 0.2) is 22.7 Å². The number of ether oxygens (including phenoxy) is 1. The summed E-state index contributed by atoms with van der Waals surface area (Å²) in [6, 6.07) is 5.77. The second kappa shape index (κ2) is 6.55. The number of nitrogens with zero attached hydrogens (tertiary/aromatic N) is 1. The summed E-state index contributed by atoms with van der Waals surface area (Å²) in [7, 11) is 0. The molecule has 1 fully saturated rings. The molecule has 1 aromatic rings. The topological polar surface area (TPSA) is 32.7 Å². The largest absolute Gasteiger partial charge is 0.492 e. The molecule has 0 radical (unpaired) electrons. The Hall–Kier alpha value is -0.580. The van der Waals surface area contributed by atoms with Crippen LogP contribution < -0.4 is 4.74 Å². The van der Waals surface area contributed by atoms with E-state index in [-0.39, 0.29) is 0 Å². The highest BCUT2D eigenvalue weighted by Gasteiger charge is 2.13. The van der Waals surface area contributed by atoms with E-state index in [1.54, 1.807) is 6.92 Å². The van der Waals surface area contributed by atoms with Crippen molar-refractivity contribution in [1.29, 1.82) is 0 Å². The van der Waals surface area contributed by atoms with Crippen LogP contribution >= 0.6 is 15.9 Å². The van der Waals surface area contributed by atoms with Gasteiger partial charge in [-0.25, -0.2) is 0 Å². The fourth-order valence-electron chi connectivity index (χ4n) is 2.27. The van der Waals surface area contributed by atoms with Gasteiger partial charge in [0.05, 0.1) is 6.10 Å². The normalized spacial score (nSPS) is 17.9. The van der Waals surface area contributed by atoms with Crippen LogP contribution in [0, 0.1) is 0 Å². The van der Waals surface area contributed by atoms with Crippen LogP contribution in [0.3, 0.4) is 0 Å². The van der Waals surface area contributed by atoms with E-state index in [0.717, 1.165) is 22.3 Å². The lowest BCUT2D eigenvalue weighted by molar-refractivity contribution is 0.186.